The predicted octanol–water partition coefficient (Wildman–Crippen LogP) is -0.00640. The maximum atomic E-state index is 13.3. The number of carbonyl (C=O) groups excluding carboxylic acids is 3. The van der Waals surface area contributed by atoms with Gasteiger partial charge in [-0.3, -0.25) is 19.7 Å². The van der Waals surface area contributed by atoms with Crippen LogP contribution in [0.4, 0.5) is 8.78 Å². The molecule has 160 valence electrons. The van der Waals surface area contributed by atoms with Crippen LogP contribution in [0.25, 0.3) is 0 Å². The number of amides is 3. The summed E-state index contributed by atoms with van der Waals surface area (Å²) in [6.45, 7) is 0.244. The number of halogens is 2. The standard InChI is InChI=1S/C18H19F2N5O4S/c19-11-4-3-9(6-12(11)20)16(27)23-14-15(21)24-18(25-17(14)28)30-8-13(26)22-7-10-2-1-5-29-10/h1-6,14-15,18,24H,7-8,21H2,(H,22,26)(H,23,27)(H,25,28). The Morgan fingerprint density at radius 2 is 2.03 bits per heavy atom. The van der Waals surface area contributed by atoms with Crippen LogP contribution >= 0.6 is 11.8 Å². The molecule has 0 bridgehead atoms. The van der Waals surface area contributed by atoms with Gasteiger partial charge in [0, 0.05) is 5.56 Å². The molecule has 9 nitrogen and oxygen atoms in total. The normalized spacial score (nSPS) is 21.0. The van der Waals surface area contributed by atoms with E-state index in [1.807, 2.05) is 0 Å². The fraction of sp³-hybridized carbons (Fsp3) is 0.278. The van der Waals surface area contributed by atoms with E-state index in [2.05, 4.69) is 21.3 Å². The Kier molecular flexibility index (Phi) is 7.03. The van der Waals surface area contributed by atoms with Crippen LogP contribution in [0, 0.1) is 11.6 Å². The number of rotatable bonds is 7. The van der Waals surface area contributed by atoms with Gasteiger partial charge in [-0.15, -0.1) is 11.8 Å². The first-order chi connectivity index (χ1) is 14.3. The van der Waals surface area contributed by atoms with Gasteiger partial charge in [0.15, 0.2) is 11.6 Å². The molecule has 1 fully saturated rings. The van der Waals surface area contributed by atoms with Gasteiger partial charge in [0.2, 0.25) is 11.8 Å². The second-order valence-corrected chi connectivity index (χ2v) is 7.42. The molecule has 0 saturated carbocycles. The monoisotopic (exact) mass is 439 g/mol. The molecule has 3 amide bonds. The van der Waals surface area contributed by atoms with E-state index in [-0.39, 0.29) is 23.8 Å². The van der Waals surface area contributed by atoms with Gasteiger partial charge in [-0.2, -0.15) is 0 Å². The molecule has 0 radical (unpaired) electrons. The maximum absolute atomic E-state index is 13.3. The Bertz CT molecular complexity index is 927. The van der Waals surface area contributed by atoms with Crippen molar-refractivity contribution in [1.82, 2.24) is 21.3 Å². The van der Waals surface area contributed by atoms with E-state index in [1.54, 1.807) is 12.1 Å². The number of nitrogens with one attached hydrogen (secondary N) is 4. The van der Waals surface area contributed by atoms with Crippen molar-refractivity contribution in [3.8, 4) is 0 Å². The fourth-order valence-electron chi connectivity index (χ4n) is 2.61. The van der Waals surface area contributed by atoms with Crippen molar-refractivity contribution in [2.45, 2.75) is 24.3 Å². The smallest absolute Gasteiger partial charge is 0.252 e. The minimum atomic E-state index is -1.18. The molecular weight excluding hydrogens is 420 g/mol. The van der Waals surface area contributed by atoms with Crippen molar-refractivity contribution in [3.63, 3.8) is 0 Å². The van der Waals surface area contributed by atoms with Crippen LogP contribution in [0.1, 0.15) is 16.1 Å². The number of carbonyl (C=O) groups is 3. The average molecular weight is 439 g/mol. The van der Waals surface area contributed by atoms with E-state index in [4.69, 9.17) is 10.2 Å². The molecule has 3 atom stereocenters. The van der Waals surface area contributed by atoms with Crippen molar-refractivity contribution < 1.29 is 27.6 Å². The fourth-order valence-corrected chi connectivity index (χ4v) is 3.48. The molecule has 0 spiro atoms. The van der Waals surface area contributed by atoms with Gasteiger partial charge in [-0.25, -0.2) is 8.78 Å². The SMILES string of the molecule is NC1NC(SCC(=O)NCc2ccco2)NC(=O)C1NC(=O)c1ccc(F)c(F)c1. The third-order valence-electron chi connectivity index (χ3n) is 4.15. The van der Waals surface area contributed by atoms with Gasteiger partial charge in [-0.05, 0) is 30.3 Å². The lowest BCUT2D eigenvalue weighted by Gasteiger charge is -2.35. The third kappa shape index (κ3) is 5.55. The van der Waals surface area contributed by atoms with Gasteiger partial charge in [0.05, 0.1) is 24.7 Å². The molecule has 1 aliphatic rings. The summed E-state index contributed by atoms with van der Waals surface area (Å²) in [4.78, 5) is 36.4. The summed E-state index contributed by atoms with van der Waals surface area (Å²) in [5, 5.41) is 10.5. The highest BCUT2D eigenvalue weighted by Crippen LogP contribution is 2.13. The molecule has 1 aromatic heterocycles. The summed E-state index contributed by atoms with van der Waals surface area (Å²) in [5.41, 5.74) is 5.11. The Hall–Kier alpha value is -2.96. The van der Waals surface area contributed by atoms with Crippen LogP contribution in [0.2, 0.25) is 0 Å². The van der Waals surface area contributed by atoms with Gasteiger partial charge in [0.25, 0.3) is 5.91 Å². The molecule has 0 aliphatic carbocycles. The van der Waals surface area contributed by atoms with E-state index in [9.17, 15) is 23.2 Å². The molecule has 1 saturated heterocycles. The molecule has 30 heavy (non-hydrogen) atoms. The maximum Gasteiger partial charge on any atom is 0.252 e. The quantitative estimate of drug-likeness (QED) is 0.409. The van der Waals surface area contributed by atoms with E-state index in [0.29, 0.717) is 5.76 Å². The highest BCUT2D eigenvalue weighted by Gasteiger charge is 2.35. The van der Waals surface area contributed by atoms with Crippen molar-refractivity contribution in [1.29, 1.82) is 0 Å². The van der Waals surface area contributed by atoms with Crippen LogP contribution in [0.15, 0.2) is 41.0 Å². The second-order valence-electron chi connectivity index (χ2n) is 6.33. The minimum Gasteiger partial charge on any atom is -0.467 e. The van der Waals surface area contributed by atoms with Crippen LogP contribution in [-0.4, -0.2) is 41.2 Å². The number of hydrogen-bond acceptors (Lipinski definition) is 7. The van der Waals surface area contributed by atoms with E-state index >= 15 is 0 Å². The van der Waals surface area contributed by atoms with Crippen molar-refractivity contribution in [2.75, 3.05) is 5.75 Å². The van der Waals surface area contributed by atoms with Gasteiger partial charge in [-0.1, -0.05) is 0 Å². The zero-order valence-electron chi connectivity index (χ0n) is 15.5. The molecular formula is C18H19F2N5O4S. The Balaban J connectivity index is 1.47. The average Bonchev–Trinajstić information content (AvgIpc) is 3.23. The van der Waals surface area contributed by atoms with Crippen LogP contribution in [0.5, 0.6) is 0 Å². The van der Waals surface area contributed by atoms with Crippen molar-refractivity contribution in [2.24, 2.45) is 5.73 Å². The summed E-state index contributed by atoms with van der Waals surface area (Å²) < 4.78 is 31.4. The van der Waals surface area contributed by atoms with Crippen molar-refractivity contribution >= 4 is 29.5 Å². The zero-order chi connectivity index (χ0) is 21.7. The number of thioether (sulfide) groups is 1. The lowest BCUT2D eigenvalue weighted by molar-refractivity contribution is -0.126. The number of furan rings is 1. The summed E-state index contributed by atoms with van der Waals surface area (Å²) >= 11 is 1.10. The lowest BCUT2D eigenvalue weighted by atomic mass is 10.1. The first-order valence-electron chi connectivity index (χ1n) is 8.82. The summed E-state index contributed by atoms with van der Waals surface area (Å²) in [7, 11) is 0. The van der Waals surface area contributed by atoms with E-state index < -0.39 is 41.2 Å². The van der Waals surface area contributed by atoms with E-state index in [1.165, 1.54) is 6.26 Å². The Morgan fingerprint density at radius 1 is 1.23 bits per heavy atom. The molecule has 1 aromatic carbocycles. The first-order valence-corrected chi connectivity index (χ1v) is 9.87. The summed E-state index contributed by atoms with van der Waals surface area (Å²) in [6, 6.07) is 4.92. The first kappa shape index (κ1) is 21.7. The number of nitrogens with two attached hydrogens (primary N) is 1. The van der Waals surface area contributed by atoms with Crippen LogP contribution in [0.3, 0.4) is 0 Å². The molecule has 1 aliphatic heterocycles. The molecule has 2 heterocycles. The number of hydrogen-bond donors (Lipinski definition) is 5. The minimum absolute atomic E-state index is 0.0389. The molecule has 3 rings (SSSR count). The Labute approximate surface area is 174 Å². The second kappa shape index (κ2) is 9.69. The highest BCUT2D eigenvalue weighted by atomic mass is 32.2. The lowest BCUT2D eigenvalue weighted by Crippen LogP contribution is -2.70. The van der Waals surface area contributed by atoms with Gasteiger partial charge >= 0.3 is 0 Å². The highest BCUT2D eigenvalue weighted by molar-refractivity contribution is 8.00. The van der Waals surface area contributed by atoms with Crippen molar-refractivity contribution in [3.05, 3.63) is 59.6 Å². The predicted molar refractivity (Wildman–Crippen MR) is 104 cm³/mol. The third-order valence-corrected chi connectivity index (χ3v) is 5.16. The molecule has 6 N–H and O–H groups in total. The summed E-state index contributed by atoms with van der Waals surface area (Å²) in [5.74, 6) is -3.25. The number of benzene rings is 1. The summed E-state index contributed by atoms with van der Waals surface area (Å²) in [6.07, 6.45) is 0.539. The largest absolute Gasteiger partial charge is 0.467 e. The Morgan fingerprint density at radius 3 is 2.70 bits per heavy atom. The zero-order valence-corrected chi connectivity index (χ0v) is 16.3. The van der Waals surface area contributed by atoms with Gasteiger partial charge in [0.1, 0.15) is 17.3 Å². The van der Waals surface area contributed by atoms with E-state index in [0.717, 1.165) is 30.0 Å². The molecule has 2 aromatic rings. The van der Waals surface area contributed by atoms with Gasteiger partial charge < -0.3 is 26.1 Å². The topological polar surface area (TPSA) is 138 Å². The van der Waals surface area contributed by atoms with Crippen LogP contribution in [-0.2, 0) is 16.1 Å². The van der Waals surface area contributed by atoms with Crippen LogP contribution < -0.4 is 27.0 Å². The molecule has 3 unspecified atom stereocenters. The molecule has 12 heteroatoms.